The molecule has 0 rings (SSSR count). The summed E-state index contributed by atoms with van der Waals surface area (Å²) in [5, 5.41) is 0. The number of rotatable bonds is 18. The lowest BCUT2D eigenvalue weighted by atomic mass is 10.0. The van der Waals surface area contributed by atoms with Crippen molar-refractivity contribution in [1.29, 1.82) is 0 Å². The van der Waals surface area contributed by atoms with Crippen LogP contribution in [0.1, 0.15) is 90.4 Å². The van der Waals surface area contributed by atoms with Gasteiger partial charge >= 0.3 is 5.97 Å². The van der Waals surface area contributed by atoms with Gasteiger partial charge in [0.1, 0.15) is 0 Å². The molecule has 0 aliphatic heterocycles. The largest absolute Gasteiger partial charge is 0.462 e. The van der Waals surface area contributed by atoms with Gasteiger partial charge in [-0.15, -0.1) is 23.2 Å². The molecule has 25 heavy (non-hydrogen) atoms. The van der Waals surface area contributed by atoms with Crippen molar-refractivity contribution in [3.8, 4) is 0 Å². The molecule has 0 atom stereocenters. The first kappa shape index (κ1) is 25.0. The quantitative estimate of drug-likeness (QED) is 0.0799. The van der Waals surface area contributed by atoms with E-state index in [2.05, 4.69) is 6.58 Å². The average molecular weight is 407 g/mol. The number of hydrogen-bond donors (Lipinski definition) is 0. The Bertz CT molecular complexity index is 336. The molecule has 0 saturated heterocycles. The summed E-state index contributed by atoms with van der Waals surface area (Å²) in [4.78, 5) is 11.2. The monoisotopic (exact) mass is 406 g/mol. The van der Waals surface area contributed by atoms with Crippen molar-refractivity contribution in [2.45, 2.75) is 101 Å². The van der Waals surface area contributed by atoms with E-state index in [9.17, 15) is 4.79 Å². The zero-order valence-corrected chi connectivity index (χ0v) is 18.5. The van der Waals surface area contributed by atoms with Crippen LogP contribution in [0.15, 0.2) is 12.2 Å². The Labute approximate surface area is 167 Å². The van der Waals surface area contributed by atoms with Gasteiger partial charge in [-0.25, -0.2) is 4.79 Å². The summed E-state index contributed by atoms with van der Waals surface area (Å²) in [5.41, 5.74) is 0.483. The van der Waals surface area contributed by atoms with E-state index in [-0.39, 0.29) is 10.4 Å². The van der Waals surface area contributed by atoms with E-state index in [4.69, 9.17) is 27.9 Å². The molecule has 0 unspecified atom stereocenters. The second-order valence-corrected chi connectivity index (χ2v) is 10.1. The highest BCUT2D eigenvalue weighted by Crippen LogP contribution is 2.13. The van der Waals surface area contributed by atoms with E-state index in [1.54, 1.807) is 6.92 Å². The third kappa shape index (κ3) is 20.2. The molecular weight excluding hydrogens is 371 g/mol. The number of esters is 1. The van der Waals surface area contributed by atoms with Gasteiger partial charge in [0, 0.05) is 5.57 Å². The minimum Gasteiger partial charge on any atom is -0.462 e. The first-order valence-corrected chi connectivity index (χ1v) is 12.0. The van der Waals surface area contributed by atoms with E-state index in [0.717, 1.165) is 12.8 Å². The van der Waals surface area contributed by atoms with E-state index < -0.39 is 0 Å². The minimum atomic E-state index is -0.264. The molecule has 0 N–H and O–H groups in total. The average Bonchev–Trinajstić information content (AvgIpc) is 2.57. The molecule has 0 aromatic heterocycles. The van der Waals surface area contributed by atoms with Crippen molar-refractivity contribution >= 4 is 38.7 Å². The summed E-state index contributed by atoms with van der Waals surface area (Å²) in [6.07, 6.45) is 16.8. The van der Waals surface area contributed by atoms with Crippen molar-refractivity contribution in [3.05, 3.63) is 12.2 Å². The third-order valence-corrected chi connectivity index (χ3v) is 6.08. The summed E-state index contributed by atoms with van der Waals surface area (Å²) in [7, 11) is 0.703. The highest BCUT2D eigenvalue weighted by atomic mass is 35.5. The lowest BCUT2D eigenvalue weighted by Crippen LogP contribution is -2.05. The fraction of sp³-hybridized carbons (Fsp3) is 0.850. The Hall–Kier alpha value is 0.00688. The summed E-state index contributed by atoms with van der Waals surface area (Å²) >= 11 is 11.4. The predicted molar refractivity (Wildman–Crippen MR) is 112 cm³/mol. The zero-order valence-electron chi connectivity index (χ0n) is 16.0. The molecule has 5 heteroatoms. The van der Waals surface area contributed by atoms with Crippen LogP contribution < -0.4 is 0 Å². The first-order chi connectivity index (χ1) is 12.0. The van der Waals surface area contributed by atoms with Gasteiger partial charge in [-0.1, -0.05) is 89.7 Å². The standard InChI is InChI=1S/C20H36Cl2O2Si/c1-18(2)19(23)24-16-14-12-10-8-6-4-3-5-7-9-11-13-15-17-25-20(21)22/h20H,1,3-17H2,2H3. The van der Waals surface area contributed by atoms with Gasteiger partial charge in [0.25, 0.3) is 0 Å². The number of ether oxygens (including phenoxy) is 1. The molecule has 2 radical (unpaired) electrons. The van der Waals surface area contributed by atoms with E-state index in [0.29, 0.717) is 21.7 Å². The Balaban J connectivity index is 3.07. The fourth-order valence-corrected chi connectivity index (χ4v) is 4.00. The molecule has 146 valence electrons. The molecule has 0 saturated carbocycles. The molecule has 0 aliphatic carbocycles. The van der Waals surface area contributed by atoms with Crippen LogP contribution in [-0.2, 0) is 9.53 Å². The van der Waals surface area contributed by atoms with Crippen LogP contribution in [0.25, 0.3) is 0 Å². The second kappa shape index (κ2) is 18.8. The van der Waals surface area contributed by atoms with Crippen molar-refractivity contribution in [3.63, 3.8) is 0 Å². The van der Waals surface area contributed by atoms with Crippen molar-refractivity contribution < 1.29 is 9.53 Å². The summed E-state index contributed by atoms with van der Waals surface area (Å²) in [6.45, 7) is 5.78. The number of carbonyl (C=O) groups excluding carboxylic acids is 1. The van der Waals surface area contributed by atoms with Crippen LogP contribution in [0.2, 0.25) is 6.04 Å². The normalized spacial score (nSPS) is 11.0. The van der Waals surface area contributed by atoms with E-state index in [1.807, 2.05) is 0 Å². The van der Waals surface area contributed by atoms with Gasteiger partial charge in [-0.05, 0) is 13.3 Å². The van der Waals surface area contributed by atoms with E-state index >= 15 is 0 Å². The van der Waals surface area contributed by atoms with Crippen molar-refractivity contribution in [2.75, 3.05) is 6.61 Å². The smallest absolute Gasteiger partial charge is 0.333 e. The summed E-state index contributed by atoms with van der Waals surface area (Å²) < 4.78 is 4.92. The van der Waals surface area contributed by atoms with Gasteiger partial charge in [-0.2, -0.15) is 0 Å². The molecule has 0 spiro atoms. The van der Waals surface area contributed by atoms with Crippen LogP contribution in [-0.4, -0.2) is 26.6 Å². The van der Waals surface area contributed by atoms with Crippen LogP contribution in [0.5, 0.6) is 0 Å². The van der Waals surface area contributed by atoms with E-state index in [1.165, 1.54) is 76.7 Å². The van der Waals surface area contributed by atoms with Crippen LogP contribution in [0.4, 0.5) is 0 Å². The Morgan fingerprint density at radius 3 is 1.64 bits per heavy atom. The van der Waals surface area contributed by atoms with Crippen LogP contribution >= 0.6 is 23.2 Å². The lowest BCUT2D eigenvalue weighted by molar-refractivity contribution is -0.139. The maximum atomic E-state index is 11.2. The SMILES string of the molecule is C=C(C)C(=O)OCCCCCCCCCCCCCCC[Si]C(Cl)Cl. The molecule has 0 fully saturated rings. The molecule has 0 amide bonds. The maximum Gasteiger partial charge on any atom is 0.333 e. The van der Waals surface area contributed by atoms with Gasteiger partial charge in [0.2, 0.25) is 0 Å². The highest BCUT2D eigenvalue weighted by Gasteiger charge is 2.02. The van der Waals surface area contributed by atoms with Crippen molar-refractivity contribution in [2.24, 2.45) is 0 Å². The van der Waals surface area contributed by atoms with Crippen molar-refractivity contribution in [1.82, 2.24) is 0 Å². The highest BCUT2D eigenvalue weighted by molar-refractivity contribution is 6.68. The zero-order chi connectivity index (χ0) is 18.8. The Morgan fingerprint density at radius 1 is 0.840 bits per heavy atom. The first-order valence-electron chi connectivity index (χ1n) is 9.88. The minimum absolute atomic E-state index is 0.154. The molecule has 0 aromatic rings. The maximum absolute atomic E-state index is 11.2. The number of unbranched alkanes of at least 4 members (excludes halogenated alkanes) is 12. The molecule has 0 aliphatic rings. The third-order valence-electron chi connectivity index (χ3n) is 4.20. The molecule has 2 nitrogen and oxygen atoms in total. The fourth-order valence-electron chi connectivity index (χ4n) is 2.67. The Morgan fingerprint density at radius 2 is 1.24 bits per heavy atom. The number of alkyl halides is 2. The molecular formula is C20H36Cl2O2Si. The molecule has 0 bridgehead atoms. The predicted octanol–water partition coefficient (Wildman–Crippen LogP) is 7.06. The number of carbonyl (C=O) groups is 1. The lowest BCUT2D eigenvalue weighted by Gasteiger charge is -2.05. The second-order valence-electron chi connectivity index (χ2n) is 6.77. The Kier molecular flexibility index (Phi) is 18.8. The van der Waals surface area contributed by atoms with Gasteiger partial charge in [0.15, 0.2) is 0 Å². The van der Waals surface area contributed by atoms with Gasteiger partial charge in [0.05, 0.1) is 20.6 Å². The topological polar surface area (TPSA) is 26.3 Å². The van der Waals surface area contributed by atoms with Gasteiger partial charge < -0.3 is 4.74 Å². The molecule has 0 aromatic carbocycles. The van der Waals surface area contributed by atoms with Gasteiger partial charge in [-0.3, -0.25) is 0 Å². The number of halogens is 2. The van der Waals surface area contributed by atoms with Crippen LogP contribution in [0, 0.1) is 0 Å². The number of hydrogen-bond acceptors (Lipinski definition) is 2. The van der Waals surface area contributed by atoms with Crippen LogP contribution in [0.3, 0.4) is 0 Å². The molecule has 0 heterocycles. The summed E-state index contributed by atoms with van der Waals surface area (Å²) in [6, 6.07) is 1.19. The summed E-state index contributed by atoms with van der Waals surface area (Å²) in [5.74, 6) is -0.264.